The van der Waals surface area contributed by atoms with E-state index in [2.05, 4.69) is 45.3 Å². The van der Waals surface area contributed by atoms with Gasteiger partial charge in [-0.05, 0) is 30.2 Å². The Bertz CT molecular complexity index is 187. The summed E-state index contributed by atoms with van der Waals surface area (Å²) in [6, 6.07) is 0.688. The van der Waals surface area contributed by atoms with E-state index in [0.717, 1.165) is 24.9 Å². The second kappa shape index (κ2) is 5.31. The molecule has 0 saturated carbocycles. The van der Waals surface area contributed by atoms with Gasteiger partial charge in [0.05, 0.1) is 0 Å². The zero-order valence-electron chi connectivity index (χ0n) is 11.1. The standard InChI is InChI=1S/C13H28N2/c1-10(2)13(4,5)9-14-8-12-11(3)6-7-15-12/h10-12,14-15H,6-9H2,1-5H3. The highest BCUT2D eigenvalue weighted by Gasteiger charge is 2.25. The average molecular weight is 212 g/mol. The predicted molar refractivity (Wildman–Crippen MR) is 67.1 cm³/mol. The Hall–Kier alpha value is -0.0800. The predicted octanol–water partition coefficient (Wildman–Crippen LogP) is 2.26. The largest absolute Gasteiger partial charge is 0.315 e. The molecule has 1 saturated heterocycles. The first-order valence-corrected chi connectivity index (χ1v) is 6.37. The molecular weight excluding hydrogens is 184 g/mol. The third-order valence-corrected chi connectivity index (χ3v) is 4.20. The van der Waals surface area contributed by atoms with E-state index >= 15 is 0 Å². The molecule has 1 aliphatic heterocycles. The first kappa shape index (κ1) is 13.0. The molecule has 0 aromatic rings. The molecule has 1 rings (SSSR count). The summed E-state index contributed by atoms with van der Waals surface area (Å²) in [7, 11) is 0. The molecule has 0 aromatic carbocycles. The van der Waals surface area contributed by atoms with Crippen LogP contribution in [-0.4, -0.2) is 25.7 Å². The minimum Gasteiger partial charge on any atom is -0.315 e. The first-order chi connectivity index (χ1) is 6.93. The Morgan fingerprint density at radius 2 is 2.07 bits per heavy atom. The summed E-state index contributed by atoms with van der Waals surface area (Å²) < 4.78 is 0. The van der Waals surface area contributed by atoms with Gasteiger partial charge in [0, 0.05) is 19.1 Å². The van der Waals surface area contributed by atoms with Crippen LogP contribution in [-0.2, 0) is 0 Å². The van der Waals surface area contributed by atoms with Crippen molar-refractivity contribution in [3.05, 3.63) is 0 Å². The summed E-state index contributed by atoms with van der Waals surface area (Å²) in [5.41, 5.74) is 0.405. The summed E-state index contributed by atoms with van der Waals surface area (Å²) in [5.74, 6) is 1.57. The number of rotatable bonds is 5. The summed E-state index contributed by atoms with van der Waals surface area (Å²) >= 11 is 0. The molecule has 1 heterocycles. The third kappa shape index (κ3) is 3.76. The van der Waals surface area contributed by atoms with Crippen LogP contribution < -0.4 is 10.6 Å². The van der Waals surface area contributed by atoms with Gasteiger partial charge in [-0.2, -0.15) is 0 Å². The van der Waals surface area contributed by atoms with Gasteiger partial charge in [-0.25, -0.2) is 0 Å². The van der Waals surface area contributed by atoms with E-state index in [1.165, 1.54) is 13.0 Å². The van der Waals surface area contributed by atoms with Crippen molar-refractivity contribution in [2.45, 2.75) is 47.1 Å². The highest BCUT2D eigenvalue weighted by atomic mass is 15.0. The van der Waals surface area contributed by atoms with Crippen LogP contribution in [0.1, 0.15) is 41.0 Å². The molecule has 0 amide bonds. The molecule has 15 heavy (non-hydrogen) atoms. The fourth-order valence-electron chi connectivity index (χ4n) is 1.93. The monoisotopic (exact) mass is 212 g/mol. The highest BCUT2D eigenvalue weighted by Crippen LogP contribution is 2.24. The van der Waals surface area contributed by atoms with Crippen molar-refractivity contribution in [2.75, 3.05) is 19.6 Å². The van der Waals surface area contributed by atoms with Gasteiger partial charge >= 0.3 is 0 Å². The molecule has 0 aromatic heterocycles. The fraction of sp³-hybridized carbons (Fsp3) is 1.00. The van der Waals surface area contributed by atoms with Crippen LogP contribution in [0.3, 0.4) is 0 Å². The van der Waals surface area contributed by atoms with Crippen LogP contribution in [0, 0.1) is 17.3 Å². The maximum atomic E-state index is 3.62. The molecule has 2 atom stereocenters. The van der Waals surface area contributed by atoms with E-state index in [1.54, 1.807) is 0 Å². The summed E-state index contributed by atoms with van der Waals surface area (Å²) in [5, 5.41) is 7.18. The van der Waals surface area contributed by atoms with Crippen LogP contribution >= 0.6 is 0 Å². The third-order valence-electron chi connectivity index (χ3n) is 4.20. The lowest BCUT2D eigenvalue weighted by atomic mass is 9.81. The second-order valence-electron chi connectivity index (χ2n) is 6.10. The molecule has 2 unspecified atom stereocenters. The zero-order valence-corrected chi connectivity index (χ0v) is 11.1. The summed E-state index contributed by atoms with van der Waals surface area (Å²) in [6.45, 7) is 15.1. The van der Waals surface area contributed by atoms with Crippen molar-refractivity contribution < 1.29 is 0 Å². The van der Waals surface area contributed by atoms with Crippen molar-refractivity contribution in [3.63, 3.8) is 0 Å². The molecule has 0 radical (unpaired) electrons. The number of nitrogens with one attached hydrogen (secondary N) is 2. The van der Waals surface area contributed by atoms with Crippen LogP contribution in [0.15, 0.2) is 0 Å². The number of hydrogen-bond donors (Lipinski definition) is 2. The first-order valence-electron chi connectivity index (χ1n) is 6.37. The summed E-state index contributed by atoms with van der Waals surface area (Å²) in [6.07, 6.45) is 1.33. The van der Waals surface area contributed by atoms with Crippen LogP contribution in [0.5, 0.6) is 0 Å². The topological polar surface area (TPSA) is 24.1 Å². The highest BCUT2D eigenvalue weighted by molar-refractivity contribution is 4.84. The van der Waals surface area contributed by atoms with Gasteiger partial charge in [0.15, 0.2) is 0 Å². The average Bonchev–Trinajstić information content (AvgIpc) is 2.51. The Labute approximate surface area is 95.2 Å². The minimum atomic E-state index is 0.405. The van der Waals surface area contributed by atoms with E-state index in [4.69, 9.17) is 0 Å². The second-order valence-corrected chi connectivity index (χ2v) is 6.10. The minimum absolute atomic E-state index is 0.405. The van der Waals surface area contributed by atoms with Gasteiger partial charge in [-0.1, -0.05) is 34.6 Å². The van der Waals surface area contributed by atoms with E-state index < -0.39 is 0 Å². The molecule has 2 N–H and O–H groups in total. The lowest BCUT2D eigenvalue weighted by Crippen LogP contribution is -2.42. The lowest BCUT2D eigenvalue weighted by molar-refractivity contribution is 0.234. The van der Waals surface area contributed by atoms with Gasteiger partial charge in [0.25, 0.3) is 0 Å². The van der Waals surface area contributed by atoms with Gasteiger partial charge in [-0.3, -0.25) is 0 Å². The SMILES string of the molecule is CC1CCNC1CNCC(C)(C)C(C)C. The van der Waals surface area contributed by atoms with Crippen LogP contribution in [0.4, 0.5) is 0 Å². The fourth-order valence-corrected chi connectivity index (χ4v) is 1.93. The Balaban J connectivity index is 2.21. The molecule has 0 spiro atoms. The maximum Gasteiger partial charge on any atom is 0.0218 e. The smallest absolute Gasteiger partial charge is 0.0218 e. The van der Waals surface area contributed by atoms with E-state index in [9.17, 15) is 0 Å². The molecule has 2 nitrogen and oxygen atoms in total. The van der Waals surface area contributed by atoms with Crippen LogP contribution in [0.2, 0.25) is 0 Å². The molecule has 90 valence electrons. The Morgan fingerprint density at radius 3 is 2.53 bits per heavy atom. The molecular formula is C13H28N2. The molecule has 2 heteroatoms. The van der Waals surface area contributed by atoms with Crippen molar-refractivity contribution in [1.82, 2.24) is 10.6 Å². The van der Waals surface area contributed by atoms with Crippen LogP contribution in [0.25, 0.3) is 0 Å². The Morgan fingerprint density at radius 1 is 1.40 bits per heavy atom. The van der Waals surface area contributed by atoms with Crippen molar-refractivity contribution in [1.29, 1.82) is 0 Å². The van der Waals surface area contributed by atoms with Gasteiger partial charge in [-0.15, -0.1) is 0 Å². The summed E-state index contributed by atoms with van der Waals surface area (Å²) in [4.78, 5) is 0. The van der Waals surface area contributed by atoms with Crippen molar-refractivity contribution >= 4 is 0 Å². The van der Waals surface area contributed by atoms with Crippen molar-refractivity contribution in [3.8, 4) is 0 Å². The number of hydrogen-bond acceptors (Lipinski definition) is 2. The normalized spacial score (nSPS) is 27.6. The van der Waals surface area contributed by atoms with Gasteiger partial charge in [0.2, 0.25) is 0 Å². The van der Waals surface area contributed by atoms with Gasteiger partial charge in [0.1, 0.15) is 0 Å². The molecule has 0 aliphatic carbocycles. The zero-order chi connectivity index (χ0) is 11.5. The molecule has 1 aliphatic rings. The lowest BCUT2D eigenvalue weighted by Gasteiger charge is -2.30. The Kier molecular flexibility index (Phi) is 4.60. The van der Waals surface area contributed by atoms with E-state index in [1.807, 2.05) is 0 Å². The van der Waals surface area contributed by atoms with Gasteiger partial charge < -0.3 is 10.6 Å². The maximum absolute atomic E-state index is 3.62. The van der Waals surface area contributed by atoms with Crippen molar-refractivity contribution in [2.24, 2.45) is 17.3 Å². The molecule has 1 fully saturated rings. The molecule has 0 bridgehead atoms. The quantitative estimate of drug-likeness (QED) is 0.730. The van der Waals surface area contributed by atoms with E-state index in [0.29, 0.717) is 11.5 Å². The van der Waals surface area contributed by atoms with E-state index in [-0.39, 0.29) is 0 Å².